The van der Waals surface area contributed by atoms with Crippen molar-refractivity contribution in [2.45, 2.75) is 32.7 Å². The third-order valence-electron chi connectivity index (χ3n) is 3.50. The fourth-order valence-corrected chi connectivity index (χ4v) is 4.62. The summed E-state index contributed by atoms with van der Waals surface area (Å²) in [7, 11) is -3.02. The van der Waals surface area contributed by atoms with E-state index in [4.69, 9.17) is 0 Å². The molecule has 16 heavy (non-hydrogen) atoms. The van der Waals surface area contributed by atoms with Crippen molar-refractivity contribution in [2.75, 3.05) is 25.4 Å². The number of piperidine rings is 1. The van der Waals surface area contributed by atoms with Crippen LogP contribution in [0, 0.1) is 11.8 Å². The van der Waals surface area contributed by atoms with E-state index in [2.05, 4.69) is 5.32 Å². The van der Waals surface area contributed by atoms with Crippen molar-refractivity contribution in [2.24, 2.45) is 11.8 Å². The molecule has 2 aliphatic rings. The summed E-state index contributed by atoms with van der Waals surface area (Å²) in [4.78, 5) is 0. The zero-order chi connectivity index (χ0) is 11.8. The van der Waals surface area contributed by atoms with Crippen LogP contribution in [-0.2, 0) is 10.0 Å². The Kier molecular flexibility index (Phi) is 3.56. The predicted molar refractivity (Wildman–Crippen MR) is 64.7 cm³/mol. The molecule has 2 fully saturated rings. The second kappa shape index (κ2) is 4.63. The average Bonchev–Trinajstić information content (AvgIpc) is 2.59. The highest BCUT2D eigenvalue weighted by Crippen LogP contribution is 2.27. The molecule has 0 aromatic carbocycles. The first-order chi connectivity index (χ1) is 7.49. The first-order valence-electron chi connectivity index (χ1n) is 6.20. The van der Waals surface area contributed by atoms with E-state index < -0.39 is 10.0 Å². The van der Waals surface area contributed by atoms with Gasteiger partial charge in [0.25, 0.3) is 0 Å². The number of nitrogens with zero attached hydrogens (tertiary/aromatic N) is 1. The van der Waals surface area contributed by atoms with Crippen molar-refractivity contribution >= 4 is 10.0 Å². The highest BCUT2D eigenvalue weighted by atomic mass is 32.2. The molecule has 4 nitrogen and oxygen atoms in total. The molecule has 0 saturated carbocycles. The van der Waals surface area contributed by atoms with Crippen LogP contribution >= 0.6 is 0 Å². The first-order valence-corrected chi connectivity index (χ1v) is 7.81. The summed E-state index contributed by atoms with van der Waals surface area (Å²) in [6, 6.07) is 0.399. The minimum absolute atomic E-state index is 0.209. The van der Waals surface area contributed by atoms with Gasteiger partial charge >= 0.3 is 0 Å². The topological polar surface area (TPSA) is 49.4 Å². The lowest BCUT2D eigenvalue weighted by Gasteiger charge is -2.24. The Morgan fingerprint density at radius 3 is 2.75 bits per heavy atom. The molecule has 0 bridgehead atoms. The van der Waals surface area contributed by atoms with Gasteiger partial charge in [-0.15, -0.1) is 0 Å². The van der Waals surface area contributed by atoms with Crippen molar-refractivity contribution in [1.29, 1.82) is 0 Å². The van der Waals surface area contributed by atoms with E-state index in [-0.39, 0.29) is 11.7 Å². The summed E-state index contributed by atoms with van der Waals surface area (Å²) in [6.07, 6.45) is 2.35. The summed E-state index contributed by atoms with van der Waals surface area (Å²) in [5.41, 5.74) is 0. The van der Waals surface area contributed by atoms with Crippen LogP contribution in [0.4, 0.5) is 0 Å². The molecule has 0 radical (unpaired) electrons. The van der Waals surface area contributed by atoms with Gasteiger partial charge in [0.05, 0.1) is 5.75 Å². The summed E-state index contributed by atoms with van der Waals surface area (Å²) in [5.74, 6) is 1.03. The third-order valence-corrected chi connectivity index (χ3v) is 5.68. The van der Waals surface area contributed by atoms with Crippen LogP contribution in [0.3, 0.4) is 0 Å². The molecule has 0 spiro atoms. The van der Waals surface area contributed by atoms with Crippen molar-refractivity contribution in [1.82, 2.24) is 9.62 Å². The van der Waals surface area contributed by atoms with Crippen LogP contribution in [0.1, 0.15) is 26.7 Å². The molecular weight excluding hydrogens is 224 g/mol. The molecular formula is C11H22N2O2S. The van der Waals surface area contributed by atoms with Gasteiger partial charge in [0.1, 0.15) is 0 Å². The maximum Gasteiger partial charge on any atom is 0.214 e. The molecule has 0 amide bonds. The Hall–Kier alpha value is -0.130. The highest BCUT2D eigenvalue weighted by molar-refractivity contribution is 7.89. The van der Waals surface area contributed by atoms with Gasteiger partial charge in [-0.25, -0.2) is 12.7 Å². The lowest BCUT2D eigenvalue weighted by Crippen LogP contribution is -2.41. The molecule has 2 rings (SSSR count). The zero-order valence-electron chi connectivity index (χ0n) is 10.1. The molecule has 2 heterocycles. The van der Waals surface area contributed by atoms with Crippen molar-refractivity contribution in [3.63, 3.8) is 0 Å². The zero-order valence-corrected chi connectivity index (χ0v) is 11.0. The Morgan fingerprint density at radius 2 is 2.12 bits per heavy atom. The standard InChI is InChI=1S/C11H22N2O2S/c1-9(2)8-16(14,15)13-6-10-4-3-5-12-11(10)7-13/h9-12H,3-8H2,1-2H3. The lowest BCUT2D eigenvalue weighted by atomic mass is 9.94. The molecule has 2 unspecified atom stereocenters. The van der Waals surface area contributed by atoms with Gasteiger partial charge in [0, 0.05) is 19.1 Å². The van der Waals surface area contributed by atoms with E-state index in [0.717, 1.165) is 13.1 Å². The van der Waals surface area contributed by atoms with Gasteiger partial charge in [-0.05, 0) is 31.2 Å². The molecule has 0 aromatic heterocycles. The van der Waals surface area contributed by atoms with Crippen molar-refractivity contribution in [3.05, 3.63) is 0 Å². The molecule has 1 N–H and O–H groups in total. The normalized spacial score (nSPS) is 31.9. The van der Waals surface area contributed by atoms with Gasteiger partial charge in [-0.3, -0.25) is 0 Å². The average molecular weight is 246 g/mol. The van der Waals surface area contributed by atoms with Crippen LogP contribution in [0.25, 0.3) is 0 Å². The number of hydrogen-bond donors (Lipinski definition) is 1. The van der Waals surface area contributed by atoms with Gasteiger partial charge in [-0.2, -0.15) is 0 Å². The van der Waals surface area contributed by atoms with Gasteiger partial charge in [0.2, 0.25) is 10.0 Å². The molecule has 0 aliphatic carbocycles. The number of rotatable bonds is 3. The van der Waals surface area contributed by atoms with Crippen LogP contribution in [0.15, 0.2) is 0 Å². The van der Waals surface area contributed by atoms with E-state index in [1.54, 1.807) is 4.31 Å². The van der Waals surface area contributed by atoms with Crippen molar-refractivity contribution < 1.29 is 8.42 Å². The monoisotopic (exact) mass is 246 g/mol. The van der Waals surface area contributed by atoms with Gasteiger partial charge in [0.15, 0.2) is 0 Å². The van der Waals surface area contributed by atoms with Crippen LogP contribution < -0.4 is 5.32 Å². The van der Waals surface area contributed by atoms with Crippen LogP contribution in [0.5, 0.6) is 0 Å². The van der Waals surface area contributed by atoms with Crippen LogP contribution in [-0.4, -0.2) is 44.2 Å². The maximum absolute atomic E-state index is 12.1. The molecule has 94 valence electrons. The fraction of sp³-hybridized carbons (Fsp3) is 1.00. The third kappa shape index (κ3) is 2.57. The Bertz CT molecular complexity index is 326. The Labute approximate surface area is 98.4 Å². The number of hydrogen-bond acceptors (Lipinski definition) is 3. The fourth-order valence-electron chi connectivity index (χ4n) is 2.76. The minimum Gasteiger partial charge on any atom is -0.312 e. The SMILES string of the molecule is CC(C)CS(=O)(=O)N1CC2CCCNC2C1. The smallest absolute Gasteiger partial charge is 0.214 e. The Balaban J connectivity index is 2.02. The molecule has 0 aromatic rings. The summed E-state index contributed by atoms with van der Waals surface area (Å²) < 4.78 is 25.9. The van der Waals surface area contributed by atoms with Crippen LogP contribution in [0.2, 0.25) is 0 Å². The summed E-state index contributed by atoms with van der Waals surface area (Å²) in [5, 5.41) is 3.43. The van der Waals surface area contributed by atoms with E-state index >= 15 is 0 Å². The minimum atomic E-state index is -3.02. The largest absolute Gasteiger partial charge is 0.312 e. The molecule has 2 atom stereocenters. The number of sulfonamides is 1. The van der Waals surface area contributed by atoms with E-state index in [1.807, 2.05) is 13.8 Å². The van der Waals surface area contributed by atoms with Gasteiger partial charge in [-0.1, -0.05) is 13.8 Å². The Morgan fingerprint density at radius 1 is 1.38 bits per heavy atom. The van der Waals surface area contributed by atoms with E-state index in [0.29, 0.717) is 18.5 Å². The quantitative estimate of drug-likeness (QED) is 0.796. The van der Waals surface area contributed by atoms with E-state index in [9.17, 15) is 8.42 Å². The van der Waals surface area contributed by atoms with Crippen molar-refractivity contribution in [3.8, 4) is 0 Å². The summed E-state index contributed by atoms with van der Waals surface area (Å²) >= 11 is 0. The molecule has 2 saturated heterocycles. The summed E-state index contributed by atoms with van der Waals surface area (Å²) in [6.45, 7) is 6.36. The molecule has 5 heteroatoms. The number of nitrogens with one attached hydrogen (secondary N) is 1. The predicted octanol–water partition coefficient (Wildman–Crippen LogP) is 0.656. The molecule has 2 aliphatic heterocycles. The van der Waals surface area contributed by atoms with E-state index in [1.165, 1.54) is 12.8 Å². The first kappa shape index (κ1) is 12.3. The second-order valence-electron chi connectivity index (χ2n) is 5.45. The maximum atomic E-state index is 12.1. The number of fused-ring (bicyclic) bond motifs is 1. The lowest BCUT2D eigenvalue weighted by molar-refractivity contribution is 0.339. The van der Waals surface area contributed by atoms with Gasteiger partial charge < -0.3 is 5.32 Å². The highest BCUT2D eigenvalue weighted by Gasteiger charge is 2.39. The second-order valence-corrected chi connectivity index (χ2v) is 7.47.